The zero-order valence-corrected chi connectivity index (χ0v) is 12.8. The van der Waals surface area contributed by atoms with Crippen molar-refractivity contribution >= 4 is 23.5 Å². The van der Waals surface area contributed by atoms with Crippen LogP contribution in [0.1, 0.15) is 34.6 Å². The van der Waals surface area contributed by atoms with Crippen molar-refractivity contribution in [1.82, 2.24) is 0 Å². The van der Waals surface area contributed by atoms with Gasteiger partial charge in [-0.15, -0.1) is 5.75 Å². The predicted molar refractivity (Wildman–Crippen MR) is 74.8 cm³/mol. The molecule has 0 heterocycles. The van der Waals surface area contributed by atoms with Crippen LogP contribution in [-0.4, -0.2) is 23.5 Å². The smallest absolute Gasteiger partial charge is 0 e. The minimum absolute atomic E-state index is 0. The molecule has 0 aromatic carbocycles. The van der Waals surface area contributed by atoms with Gasteiger partial charge in [-0.05, 0) is 24.2 Å². The van der Waals surface area contributed by atoms with E-state index in [9.17, 15) is 0 Å². The molecular weight excluding hydrogens is 285 g/mol. The second kappa shape index (κ2) is 36.4. The zero-order chi connectivity index (χ0) is 8.95. The second-order valence-corrected chi connectivity index (χ2v) is 4.17. The van der Waals surface area contributed by atoms with Crippen LogP contribution in [0, 0.1) is 13.8 Å². The average molecular weight is 313 g/mol. The molecule has 0 N–H and O–H groups in total. The van der Waals surface area contributed by atoms with Gasteiger partial charge in [-0.25, -0.2) is 0 Å². The third-order valence-electron chi connectivity index (χ3n) is 0.781. The summed E-state index contributed by atoms with van der Waals surface area (Å²) in [6.45, 7) is 9.24. The molecule has 14 heavy (non-hydrogen) atoms. The first kappa shape index (κ1) is 29.7. The fraction of sp³-hybridized carbons (Fsp3) is 0.818. The minimum atomic E-state index is 0. The van der Waals surface area contributed by atoms with E-state index in [2.05, 4.69) is 20.1 Å². The molecule has 0 saturated heterocycles. The van der Waals surface area contributed by atoms with Gasteiger partial charge in [-0.1, -0.05) is 21.8 Å². The molecule has 0 atom stereocenters. The first-order valence-electron chi connectivity index (χ1n) is 3.98. The van der Waals surface area contributed by atoms with Crippen molar-refractivity contribution in [3.05, 3.63) is 13.8 Å². The molecule has 0 aromatic rings. The van der Waals surface area contributed by atoms with Crippen LogP contribution in [-0.2, 0) is 32.7 Å². The van der Waals surface area contributed by atoms with Crippen molar-refractivity contribution in [2.24, 2.45) is 0 Å². The van der Waals surface area contributed by atoms with Crippen molar-refractivity contribution in [3.63, 3.8) is 0 Å². The van der Waals surface area contributed by atoms with E-state index in [-0.39, 0.29) is 47.6 Å². The molecule has 0 fully saturated rings. The Hall–Kier alpha value is 1.80. The maximum absolute atomic E-state index is 3.74. The summed E-state index contributed by atoms with van der Waals surface area (Å²) >= 11 is 3.84. The summed E-state index contributed by atoms with van der Waals surface area (Å²) in [5.74, 6) is 3.60. The monoisotopic (exact) mass is 313 g/mol. The Morgan fingerprint density at radius 2 is 1.50 bits per heavy atom. The molecule has 0 saturated carbocycles. The van der Waals surface area contributed by atoms with Crippen molar-refractivity contribution in [1.29, 1.82) is 0 Å². The first-order valence-corrected chi connectivity index (χ1v) is 6.53. The first-order chi connectivity index (χ1) is 5.33. The van der Waals surface area contributed by atoms with E-state index in [0.29, 0.717) is 0 Å². The van der Waals surface area contributed by atoms with Crippen LogP contribution >= 0.6 is 23.5 Å². The van der Waals surface area contributed by atoms with Gasteiger partial charge >= 0.3 is 0 Å². The molecule has 0 rings (SSSR count). The minimum Gasteiger partial charge on any atom is -0.344 e. The van der Waals surface area contributed by atoms with Gasteiger partial charge in [0.2, 0.25) is 0 Å². The van der Waals surface area contributed by atoms with Crippen molar-refractivity contribution in [3.8, 4) is 0 Å². The van der Waals surface area contributed by atoms with E-state index in [4.69, 9.17) is 0 Å². The van der Waals surface area contributed by atoms with E-state index in [1.165, 1.54) is 17.9 Å². The van der Waals surface area contributed by atoms with Gasteiger partial charge in [0, 0.05) is 32.7 Å². The van der Waals surface area contributed by atoms with Crippen LogP contribution in [0.15, 0.2) is 0 Å². The van der Waals surface area contributed by atoms with Gasteiger partial charge in [0.05, 0.1) is 0 Å². The summed E-state index contributed by atoms with van der Waals surface area (Å²) in [6, 6.07) is 0. The molecule has 0 aromatic heterocycles. The van der Waals surface area contributed by atoms with Gasteiger partial charge in [-0.3, -0.25) is 0 Å². The van der Waals surface area contributed by atoms with Crippen LogP contribution in [0.4, 0.5) is 0 Å². The Balaban J connectivity index is -0.0000000405. The molecule has 0 unspecified atom stereocenters. The van der Waals surface area contributed by atoms with Crippen molar-refractivity contribution in [2.75, 3.05) is 23.5 Å². The van der Waals surface area contributed by atoms with Gasteiger partial charge in [-0.2, -0.15) is 29.9 Å². The molecule has 0 spiro atoms. The normalized spacial score (nSPS) is 6.86. The number of rotatable bonds is 5. The molecule has 1 radical (unpaired) electrons. The van der Waals surface area contributed by atoms with Crippen LogP contribution in [0.25, 0.3) is 0 Å². The molecule has 3 heteroatoms. The number of hydrogen-bond acceptors (Lipinski definition) is 2. The molecule has 0 nitrogen and oxygen atoms in total. The quantitative estimate of drug-likeness (QED) is 0.528. The van der Waals surface area contributed by atoms with E-state index in [0.717, 1.165) is 12.2 Å². The Morgan fingerprint density at radius 3 is 1.79 bits per heavy atom. The van der Waals surface area contributed by atoms with E-state index < -0.39 is 0 Å². The van der Waals surface area contributed by atoms with Gasteiger partial charge in [0.25, 0.3) is 0 Å². The van der Waals surface area contributed by atoms with Gasteiger partial charge < -0.3 is 13.8 Å². The molecular formula is C11H28S2Y-2. The maximum atomic E-state index is 3.74. The summed E-state index contributed by atoms with van der Waals surface area (Å²) in [7, 11) is 0. The number of hydrogen-bond donors (Lipinski definition) is 0. The SMILES string of the molecule is C.C.[CH2-]CC.[CH2-]CSCCCSC.[Y]. The van der Waals surface area contributed by atoms with Crippen LogP contribution < -0.4 is 0 Å². The fourth-order valence-electron chi connectivity index (χ4n) is 0.407. The van der Waals surface area contributed by atoms with Crippen LogP contribution in [0.2, 0.25) is 0 Å². The second-order valence-electron chi connectivity index (χ2n) is 1.96. The topological polar surface area (TPSA) is 0 Å². The molecule has 89 valence electrons. The molecule has 0 aliphatic rings. The van der Waals surface area contributed by atoms with Gasteiger partial charge in [0.15, 0.2) is 0 Å². The Labute approximate surface area is 127 Å². The van der Waals surface area contributed by atoms with E-state index in [1.54, 1.807) is 0 Å². The maximum Gasteiger partial charge on any atom is 0 e. The van der Waals surface area contributed by atoms with E-state index >= 15 is 0 Å². The molecule has 0 amide bonds. The third kappa shape index (κ3) is 48.9. The molecule has 0 bridgehead atoms. The van der Waals surface area contributed by atoms with Crippen molar-refractivity contribution in [2.45, 2.75) is 34.6 Å². The van der Waals surface area contributed by atoms with Crippen LogP contribution in [0.5, 0.6) is 0 Å². The summed E-state index contributed by atoms with van der Waals surface area (Å²) in [5, 5.41) is 0. The van der Waals surface area contributed by atoms with Gasteiger partial charge in [0.1, 0.15) is 0 Å². The molecule has 0 aliphatic heterocycles. The fourth-order valence-corrected chi connectivity index (χ4v) is 1.58. The average Bonchev–Trinajstić information content (AvgIpc) is 2.00. The van der Waals surface area contributed by atoms with Crippen molar-refractivity contribution < 1.29 is 32.7 Å². The Bertz CT molecular complexity index is 46.6. The summed E-state index contributed by atoms with van der Waals surface area (Å²) in [5.41, 5.74) is 0. The Morgan fingerprint density at radius 1 is 1.07 bits per heavy atom. The summed E-state index contributed by atoms with van der Waals surface area (Å²) in [6.07, 6.45) is 4.48. The Kier molecular flexibility index (Phi) is 77.1. The number of thioether (sulfide) groups is 2. The third-order valence-corrected chi connectivity index (χ3v) is 2.34. The summed E-state index contributed by atoms with van der Waals surface area (Å²) < 4.78 is 0. The standard InChI is InChI=1S/C6H13S2.C3H7.2CH4.Y/c1-3-8-6-4-5-7-2;1-3-2;;;/h1,3-6H2,2H3;1,3H2,2H3;2*1H4;/q2*-1;;;. The predicted octanol–water partition coefficient (Wildman–Crippen LogP) is 4.81. The van der Waals surface area contributed by atoms with Crippen LogP contribution in [0.3, 0.4) is 0 Å². The summed E-state index contributed by atoms with van der Waals surface area (Å²) in [4.78, 5) is 0. The largest absolute Gasteiger partial charge is 0.344 e. The zero-order valence-electron chi connectivity index (χ0n) is 8.34. The van der Waals surface area contributed by atoms with E-state index in [1.807, 2.05) is 30.4 Å². The molecule has 0 aliphatic carbocycles.